The van der Waals surface area contributed by atoms with Crippen molar-refractivity contribution in [2.24, 2.45) is 0 Å². The minimum atomic E-state index is -0.512. The van der Waals surface area contributed by atoms with Crippen molar-refractivity contribution >= 4 is 5.91 Å². The summed E-state index contributed by atoms with van der Waals surface area (Å²) in [6.45, 7) is 2.11. The molecule has 5 nitrogen and oxygen atoms in total. The summed E-state index contributed by atoms with van der Waals surface area (Å²) in [5.74, 6) is -1.10. The minimum absolute atomic E-state index is 0.0176. The number of nitrogens with zero attached hydrogens (tertiary/aromatic N) is 2. The van der Waals surface area contributed by atoms with Crippen LogP contribution in [0.1, 0.15) is 33.1 Å². The quantitative estimate of drug-likeness (QED) is 0.565. The summed E-state index contributed by atoms with van der Waals surface area (Å²) < 4.78 is 51.9. The molecule has 2 aliphatic rings. The van der Waals surface area contributed by atoms with Gasteiger partial charge in [0.05, 0.1) is 18.2 Å². The summed E-state index contributed by atoms with van der Waals surface area (Å²) >= 11 is 0. The number of hydrogen-bond acceptors (Lipinski definition) is 4. The molecule has 3 aromatic carbocycles. The lowest BCUT2D eigenvalue weighted by Crippen LogP contribution is -2.50. The summed E-state index contributed by atoms with van der Waals surface area (Å²) in [7, 11) is 0. The van der Waals surface area contributed by atoms with E-state index in [0.717, 1.165) is 11.1 Å². The molecule has 1 fully saturated rings. The summed E-state index contributed by atoms with van der Waals surface area (Å²) in [6.07, 6.45) is 0. The van der Waals surface area contributed by atoms with Crippen molar-refractivity contribution in [3.05, 3.63) is 100 Å². The van der Waals surface area contributed by atoms with Gasteiger partial charge in [-0.3, -0.25) is 9.69 Å². The lowest BCUT2D eigenvalue weighted by molar-refractivity contribution is -0.0173. The van der Waals surface area contributed by atoms with Gasteiger partial charge in [-0.1, -0.05) is 24.3 Å². The fraction of sp³-hybridized carbons (Fsp3) is 0.269. The van der Waals surface area contributed by atoms with Gasteiger partial charge in [0.15, 0.2) is 6.79 Å². The fourth-order valence-electron chi connectivity index (χ4n) is 4.60. The lowest BCUT2D eigenvalue weighted by atomic mass is 9.96. The smallest absolute Gasteiger partial charge is 0.257 e. The predicted molar refractivity (Wildman–Crippen MR) is 119 cm³/mol. The zero-order chi connectivity index (χ0) is 23.7. The van der Waals surface area contributed by atoms with Crippen LogP contribution in [0.4, 0.5) is 13.2 Å². The second kappa shape index (κ2) is 9.48. The first-order chi connectivity index (χ1) is 16.5. The van der Waals surface area contributed by atoms with E-state index >= 15 is 0 Å². The number of benzene rings is 3. The van der Waals surface area contributed by atoms with E-state index in [9.17, 15) is 18.0 Å². The first kappa shape index (κ1) is 22.4. The first-order valence-electron chi connectivity index (χ1n) is 11.1. The van der Waals surface area contributed by atoms with Crippen molar-refractivity contribution in [2.45, 2.75) is 12.6 Å². The number of halogens is 3. The van der Waals surface area contributed by atoms with Crippen LogP contribution in [0.25, 0.3) is 0 Å². The van der Waals surface area contributed by atoms with Crippen molar-refractivity contribution in [1.29, 1.82) is 0 Å². The van der Waals surface area contributed by atoms with E-state index in [-0.39, 0.29) is 42.5 Å². The van der Waals surface area contributed by atoms with E-state index in [2.05, 4.69) is 4.90 Å². The summed E-state index contributed by atoms with van der Waals surface area (Å²) in [6, 6.07) is 14.8. The Bertz CT molecular complexity index is 1130. The maximum Gasteiger partial charge on any atom is 0.257 e. The number of amides is 1. The van der Waals surface area contributed by atoms with E-state index in [1.54, 1.807) is 29.2 Å². The van der Waals surface area contributed by atoms with Crippen molar-refractivity contribution in [3.8, 4) is 5.75 Å². The standard InChI is InChI=1S/C26H23F3N2O3/c27-20-5-1-17(2-6-20)24(18-3-7-21(28)8-4-18)30-9-11-31(12-10-30)26(32)23-14-22(29)13-19-15-33-16-34-25(19)23/h1-8,13-14,24H,9-12,15-16H2. The number of rotatable bonds is 4. The number of ether oxygens (including phenoxy) is 2. The molecule has 0 bridgehead atoms. The zero-order valence-electron chi connectivity index (χ0n) is 18.3. The summed E-state index contributed by atoms with van der Waals surface area (Å²) in [5, 5.41) is 0. The van der Waals surface area contributed by atoms with Gasteiger partial charge in [-0.15, -0.1) is 0 Å². The number of carbonyl (C=O) groups is 1. The van der Waals surface area contributed by atoms with Gasteiger partial charge < -0.3 is 14.4 Å². The highest BCUT2D eigenvalue weighted by molar-refractivity contribution is 5.97. The molecular formula is C26H23F3N2O3. The van der Waals surface area contributed by atoms with Gasteiger partial charge >= 0.3 is 0 Å². The van der Waals surface area contributed by atoms with Gasteiger partial charge in [0.2, 0.25) is 0 Å². The Morgan fingerprint density at radius 2 is 1.38 bits per heavy atom. The Morgan fingerprint density at radius 1 is 0.794 bits per heavy atom. The molecule has 2 aliphatic heterocycles. The van der Waals surface area contributed by atoms with Crippen LogP contribution in [0.5, 0.6) is 5.75 Å². The number of fused-ring (bicyclic) bond motifs is 1. The van der Waals surface area contributed by atoms with Crippen LogP contribution in [-0.2, 0) is 11.3 Å². The van der Waals surface area contributed by atoms with E-state index in [1.807, 2.05) is 0 Å². The number of carbonyl (C=O) groups excluding carboxylic acids is 1. The molecule has 2 heterocycles. The Labute approximate surface area is 195 Å². The van der Waals surface area contributed by atoms with Crippen LogP contribution in [0.3, 0.4) is 0 Å². The van der Waals surface area contributed by atoms with Gasteiger partial charge in [0.25, 0.3) is 5.91 Å². The maximum absolute atomic E-state index is 14.1. The van der Waals surface area contributed by atoms with Gasteiger partial charge in [0.1, 0.15) is 23.2 Å². The normalized spacial score (nSPS) is 16.3. The zero-order valence-corrected chi connectivity index (χ0v) is 18.3. The molecule has 0 saturated carbocycles. The second-order valence-electron chi connectivity index (χ2n) is 8.39. The SMILES string of the molecule is O=C(c1cc(F)cc2c1OCOC2)N1CCN(C(c2ccc(F)cc2)c2ccc(F)cc2)CC1. The maximum atomic E-state index is 14.1. The molecule has 176 valence electrons. The van der Waals surface area contributed by atoms with Crippen LogP contribution in [0.2, 0.25) is 0 Å². The molecule has 1 amide bonds. The molecule has 0 aliphatic carbocycles. The fourth-order valence-corrected chi connectivity index (χ4v) is 4.60. The third-order valence-electron chi connectivity index (χ3n) is 6.24. The average molecular weight is 468 g/mol. The van der Waals surface area contributed by atoms with E-state index in [4.69, 9.17) is 9.47 Å². The van der Waals surface area contributed by atoms with Crippen LogP contribution in [0.15, 0.2) is 60.7 Å². The molecule has 0 unspecified atom stereocenters. The highest BCUT2D eigenvalue weighted by atomic mass is 19.1. The van der Waals surface area contributed by atoms with E-state index in [1.165, 1.54) is 36.4 Å². The van der Waals surface area contributed by atoms with Gasteiger partial charge in [0, 0.05) is 31.7 Å². The third-order valence-corrected chi connectivity index (χ3v) is 6.24. The van der Waals surface area contributed by atoms with Gasteiger partial charge in [-0.25, -0.2) is 13.2 Å². The molecule has 5 rings (SSSR count). The van der Waals surface area contributed by atoms with Crippen LogP contribution in [-0.4, -0.2) is 48.7 Å². The van der Waals surface area contributed by atoms with Gasteiger partial charge in [-0.05, 0) is 47.5 Å². The Kier molecular flexibility index (Phi) is 6.26. The molecule has 3 aromatic rings. The second-order valence-corrected chi connectivity index (χ2v) is 8.39. The number of hydrogen-bond donors (Lipinski definition) is 0. The highest BCUT2D eigenvalue weighted by Crippen LogP contribution is 2.33. The van der Waals surface area contributed by atoms with Crippen molar-refractivity contribution in [1.82, 2.24) is 9.80 Å². The largest absolute Gasteiger partial charge is 0.466 e. The first-order valence-corrected chi connectivity index (χ1v) is 11.1. The summed E-state index contributed by atoms with van der Waals surface area (Å²) in [5.41, 5.74) is 2.46. The third kappa shape index (κ3) is 4.51. The monoisotopic (exact) mass is 468 g/mol. The number of piperazine rings is 1. The molecule has 0 N–H and O–H groups in total. The van der Waals surface area contributed by atoms with E-state index in [0.29, 0.717) is 37.5 Å². The van der Waals surface area contributed by atoms with Crippen molar-refractivity contribution < 1.29 is 27.4 Å². The van der Waals surface area contributed by atoms with Crippen molar-refractivity contribution in [2.75, 3.05) is 33.0 Å². The Balaban J connectivity index is 1.37. The van der Waals surface area contributed by atoms with Gasteiger partial charge in [-0.2, -0.15) is 0 Å². The van der Waals surface area contributed by atoms with Crippen LogP contribution >= 0.6 is 0 Å². The lowest BCUT2D eigenvalue weighted by Gasteiger charge is -2.40. The molecule has 8 heteroatoms. The topological polar surface area (TPSA) is 42.0 Å². The highest BCUT2D eigenvalue weighted by Gasteiger charge is 2.31. The molecule has 0 atom stereocenters. The molecule has 1 saturated heterocycles. The van der Waals surface area contributed by atoms with Crippen LogP contribution in [0, 0.1) is 17.5 Å². The van der Waals surface area contributed by atoms with Crippen LogP contribution < -0.4 is 4.74 Å². The molecule has 0 spiro atoms. The predicted octanol–water partition coefficient (Wildman–Crippen LogP) is 4.52. The van der Waals surface area contributed by atoms with E-state index < -0.39 is 5.82 Å². The summed E-state index contributed by atoms with van der Waals surface area (Å²) in [4.78, 5) is 17.1. The van der Waals surface area contributed by atoms with Crippen molar-refractivity contribution in [3.63, 3.8) is 0 Å². The Hall–Kier alpha value is -3.36. The molecule has 0 aromatic heterocycles. The molecule has 34 heavy (non-hydrogen) atoms. The minimum Gasteiger partial charge on any atom is -0.466 e. The average Bonchev–Trinajstić information content (AvgIpc) is 2.86. The molecular weight excluding hydrogens is 445 g/mol. The Morgan fingerprint density at radius 3 is 1.97 bits per heavy atom. The molecule has 0 radical (unpaired) electrons.